The Labute approximate surface area is 211 Å². The van der Waals surface area contributed by atoms with E-state index in [1.54, 1.807) is 31.3 Å². The molecule has 10 heteroatoms. The van der Waals surface area contributed by atoms with E-state index in [9.17, 15) is 8.78 Å². The minimum atomic E-state index is -2.81. The van der Waals surface area contributed by atoms with Crippen LogP contribution in [0.3, 0.4) is 0 Å². The van der Waals surface area contributed by atoms with E-state index in [0.717, 1.165) is 67.9 Å². The SMILES string of the molecule is CN=C(NCC1CCN(Cc2nc(C)c(C)o2)CC1)N(C)Cc1ccc(OC(F)F)cc1.I. The Balaban J connectivity index is 0.00000385. The number of rotatable bonds is 8. The van der Waals surface area contributed by atoms with Gasteiger partial charge in [-0.15, -0.1) is 24.0 Å². The summed E-state index contributed by atoms with van der Waals surface area (Å²) in [5.74, 6) is 3.24. The Morgan fingerprint density at radius 3 is 2.48 bits per heavy atom. The zero-order valence-electron chi connectivity index (χ0n) is 19.7. The fourth-order valence-corrected chi connectivity index (χ4v) is 3.89. The highest BCUT2D eigenvalue weighted by Gasteiger charge is 2.21. The van der Waals surface area contributed by atoms with Crippen LogP contribution >= 0.6 is 24.0 Å². The summed E-state index contributed by atoms with van der Waals surface area (Å²) in [5, 5.41) is 3.47. The smallest absolute Gasteiger partial charge is 0.387 e. The van der Waals surface area contributed by atoms with E-state index in [1.807, 2.05) is 25.8 Å². The molecule has 0 spiro atoms. The average molecular weight is 577 g/mol. The minimum absolute atomic E-state index is 0. The molecule has 0 unspecified atom stereocenters. The number of aromatic nitrogens is 1. The Hall–Kier alpha value is -1.95. The Kier molecular flexibility index (Phi) is 10.8. The number of aliphatic imine (C=N–C) groups is 1. The predicted molar refractivity (Wildman–Crippen MR) is 135 cm³/mol. The Bertz CT molecular complexity index is 864. The van der Waals surface area contributed by atoms with Crippen molar-refractivity contribution in [3.63, 3.8) is 0 Å². The van der Waals surface area contributed by atoms with Crippen LogP contribution in [-0.2, 0) is 13.1 Å². The van der Waals surface area contributed by atoms with Crippen molar-refractivity contribution in [2.45, 2.75) is 46.4 Å². The van der Waals surface area contributed by atoms with Gasteiger partial charge in [-0.1, -0.05) is 12.1 Å². The van der Waals surface area contributed by atoms with E-state index in [1.165, 1.54) is 0 Å². The first-order chi connectivity index (χ1) is 15.3. The van der Waals surface area contributed by atoms with Gasteiger partial charge in [0.1, 0.15) is 11.5 Å². The topological polar surface area (TPSA) is 66.1 Å². The summed E-state index contributed by atoms with van der Waals surface area (Å²) in [4.78, 5) is 13.3. The zero-order chi connectivity index (χ0) is 23.1. The molecule has 0 bridgehead atoms. The summed E-state index contributed by atoms with van der Waals surface area (Å²) in [6, 6.07) is 6.68. The molecule has 184 valence electrons. The molecule has 1 saturated heterocycles. The number of aryl methyl sites for hydroxylation is 2. The van der Waals surface area contributed by atoms with Crippen LogP contribution in [0.25, 0.3) is 0 Å². The molecule has 33 heavy (non-hydrogen) atoms. The molecule has 0 aliphatic carbocycles. The number of likely N-dealkylation sites (tertiary alicyclic amines) is 1. The number of nitrogens with one attached hydrogen (secondary N) is 1. The van der Waals surface area contributed by atoms with E-state index >= 15 is 0 Å². The molecule has 1 aliphatic rings. The third-order valence-electron chi connectivity index (χ3n) is 5.83. The first kappa shape index (κ1) is 27.3. The molecule has 1 N–H and O–H groups in total. The van der Waals surface area contributed by atoms with Crippen molar-refractivity contribution in [3.8, 4) is 5.75 Å². The Morgan fingerprint density at radius 1 is 1.27 bits per heavy atom. The van der Waals surface area contributed by atoms with Crippen molar-refractivity contribution in [2.24, 2.45) is 10.9 Å². The monoisotopic (exact) mass is 577 g/mol. The number of piperidine rings is 1. The van der Waals surface area contributed by atoms with Crippen LogP contribution < -0.4 is 10.1 Å². The number of nitrogens with zero attached hydrogens (tertiary/aromatic N) is 4. The largest absolute Gasteiger partial charge is 0.444 e. The number of hydrogen-bond donors (Lipinski definition) is 1. The van der Waals surface area contributed by atoms with E-state index < -0.39 is 6.61 Å². The van der Waals surface area contributed by atoms with E-state index in [2.05, 4.69) is 24.9 Å². The van der Waals surface area contributed by atoms with Crippen molar-refractivity contribution in [1.82, 2.24) is 20.1 Å². The maximum atomic E-state index is 12.3. The van der Waals surface area contributed by atoms with Gasteiger partial charge in [-0.05, 0) is 63.4 Å². The number of benzene rings is 1. The summed E-state index contributed by atoms with van der Waals surface area (Å²) in [7, 11) is 3.73. The molecule has 2 aromatic rings. The fraction of sp³-hybridized carbons (Fsp3) is 0.565. The van der Waals surface area contributed by atoms with E-state index in [4.69, 9.17) is 4.42 Å². The van der Waals surface area contributed by atoms with Gasteiger partial charge in [-0.2, -0.15) is 8.78 Å². The summed E-state index contributed by atoms with van der Waals surface area (Å²) in [6.45, 7) is 5.40. The number of halogens is 3. The van der Waals surface area contributed by atoms with Gasteiger partial charge in [0, 0.05) is 27.2 Å². The summed E-state index contributed by atoms with van der Waals surface area (Å²) < 4.78 is 34.7. The number of guanidine groups is 1. The quantitative estimate of drug-likeness (QED) is 0.285. The lowest BCUT2D eigenvalue weighted by Gasteiger charge is -2.32. The van der Waals surface area contributed by atoms with Gasteiger partial charge < -0.3 is 19.4 Å². The number of ether oxygens (including phenoxy) is 1. The van der Waals surface area contributed by atoms with Crippen LogP contribution in [-0.4, -0.2) is 61.1 Å². The van der Waals surface area contributed by atoms with Gasteiger partial charge >= 0.3 is 6.61 Å². The average Bonchev–Trinajstić information content (AvgIpc) is 3.07. The molecule has 7 nitrogen and oxygen atoms in total. The summed E-state index contributed by atoms with van der Waals surface area (Å²) in [5.41, 5.74) is 1.95. The van der Waals surface area contributed by atoms with Crippen molar-refractivity contribution in [3.05, 3.63) is 47.2 Å². The van der Waals surface area contributed by atoms with Crippen molar-refractivity contribution in [2.75, 3.05) is 33.7 Å². The van der Waals surface area contributed by atoms with Crippen LogP contribution in [0.4, 0.5) is 8.78 Å². The van der Waals surface area contributed by atoms with Gasteiger partial charge in [0.2, 0.25) is 5.89 Å². The third kappa shape index (κ3) is 8.40. The van der Waals surface area contributed by atoms with Gasteiger partial charge in [-0.25, -0.2) is 4.98 Å². The highest BCUT2D eigenvalue weighted by molar-refractivity contribution is 14.0. The molecule has 0 atom stereocenters. The first-order valence-corrected chi connectivity index (χ1v) is 10.9. The van der Waals surface area contributed by atoms with E-state index in [0.29, 0.717) is 12.5 Å². The van der Waals surface area contributed by atoms with Crippen molar-refractivity contribution >= 4 is 29.9 Å². The second-order valence-electron chi connectivity index (χ2n) is 8.28. The second-order valence-corrected chi connectivity index (χ2v) is 8.28. The predicted octanol–water partition coefficient (Wildman–Crippen LogP) is 4.43. The molecular formula is C23H34F2IN5O2. The maximum absolute atomic E-state index is 12.3. The lowest BCUT2D eigenvalue weighted by atomic mass is 9.97. The van der Waals surface area contributed by atoms with Gasteiger partial charge in [0.05, 0.1) is 12.2 Å². The van der Waals surface area contributed by atoms with Crippen molar-refractivity contribution in [1.29, 1.82) is 0 Å². The summed E-state index contributed by atoms with van der Waals surface area (Å²) in [6.07, 6.45) is 2.22. The molecule has 2 heterocycles. The fourth-order valence-electron chi connectivity index (χ4n) is 3.89. The normalized spacial score (nSPS) is 15.4. The van der Waals surface area contributed by atoms with Gasteiger partial charge in [-0.3, -0.25) is 9.89 Å². The minimum Gasteiger partial charge on any atom is -0.444 e. The third-order valence-corrected chi connectivity index (χ3v) is 5.83. The lowest BCUT2D eigenvalue weighted by molar-refractivity contribution is -0.0498. The van der Waals surface area contributed by atoms with Crippen LogP contribution in [0.5, 0.6) is 5.75 Å². The zero-order valence-corrected chi connectivity index (χ0v) is 22.0. The van der Waals surface area contributed by atoms with Crippen molar-refractivity contribution < 1.29 is 17.9 Å². The maximum Gasteiger partial charge on any atom is 0.387 e. The van der Waals surface area contributed by atoms with E-state index in [-0.39, 0.29) is 29.7 Å². The molecule has 3 rings (SSSR count). The van der Waals surface area contributed by atoms with Gasteiger partial charge in [0.25, 0.3) is 0 Å². The molecule has 0 saturated carbocycles. The first-order valence-electron chi connectivity index (χ1n) is 10.9. The van der Waals surface area contributed by atoms with Crippen LogP contribution in [0, 0.1) is 19.8 Å². The summed E-state index contributed by atoms with van der Waals surface area (Å²) >= 11 is 0. The number of hydrogen-bond acceptors (Lipinski definition) is 5. The standard InChI is InChI=1S/C23H33F2N5O2.HI/c1-16-17(2)31-21(28-16)15-30-11-9-18(10-12-30)13-27-23(26-3)29(4)14-19-5-7-20(8-6-19)32-22(24)25;/h5-8,18,22H,9-15H2,1-4H3,(H,26,27);1H. The second kappa shape index (κ2) is 13.1. The van der Waals surface area contributed by atoms with Crippen LogP contribution in [0.2, 0.25) is 0 Å². The highest BCUT2D eigenvalue weighted by Crippen LogP contribution is 2.20. The highest BCUT2D eigenvalue weighted by atomic mass is 127. The van der Waals surface area contributed by atoms with Gasteiger partial charge in [0.15, 0.2) is 5.96 Å². The molecular weight excluding hydrogens is 543 g/mol. The number of oxazole rings is 1. The molecule has 1 aromatic carbocycles. The molecule has 1 aromatic heterocycles. The Morgan fingerprint density at radius 2 is 1.94 bits per heavy atom. The molecule has 0 amide bonds. The van der Waals surface area contributed by atoms with Crippen LogP contribution in [0.15, 0.2) is 33.7 Å². The molecule has 0 radical (unpaired) electrons. The molecule has 1 aliphatic heterocycles. The molecule has 1 fully saturated rings. The number of alkyl halides is 2. The lowest BCUT2D eigenvalue weighted by Crippen LogP contribution is -2.43. The van der Waals surface area contributed by atoms with Crippen LogP contribution in [0.1, 0.15) is 35.7 Å².